The van der Waals surface area contributed by atoms with Crippen LogP contribution in [0.2, 0.25) is 0 Å². The molecule has 7 heteroatoms. The van der Waals surface area contributed by atoms with Gasteiger partial charge in [-0.3, -0.25) is 9.78 Å². The number of carbonyl (C=O) groups excluding carboxylic acids is 1. The lowest BCUT2D eigenvalue weighted by Gasteiger charge is -2.12. The highest BCUT2D eigenvalue weighted by molar-refractivity contribution is 6.08. The van der Waals surface area contributed by atoms with Gasteiger partial charge in [0.1, 0.15) is 22.6 Å². The Hall–Kier alpha value is -3.87. The number of hydrogen-bond acceptors (Lipinski definition) is 6. The van der Waals surface area contributed by atoms with Crippen LogP contribution in [0.5, 0.6) is 11.5 Å². The van der Waals surface area contributed by atoms with E-state index in [4.69, 9.17) is 13.9 Å². The molecule has 7 nitrogen and oxygen atoms in total. The number of fused-ring (bicyclic) bond motifs is 1. The molecular formula is C21H17N3O4. The number of amides is 1. The van der Waals surface area contributed by atoms with Crippen LogP contribution in [0.25, 0.3) is 22.6 Å². The zero-order valence-electron chi connectivity index (χ0n) is 15.3. The van der Waals surface area contributed by atoms with Crippen molar-refractivity contribution in [3.63, 3.8) is 0 Å². The van der Waals surface area contributed by atoms with Gasteiger partial charge >= 0.3 is 0 Å². The number of anilines is 1. The predicted octanol–water partition coefficient (Wildman–Crippen LogP) is 4.16. The number of aromatic nitrogens is 2. The molecule has 0 aliphatic rings. The molecule has 0 atom stereocenters. The Labute approximate surface area is 160 Å². The zero-order chi connectivity index (χ0) is 19.5. The maximum Gasteiger partial charge on any atom is 0.263 e. The highest BCUT2D eigenvalue weighted by atomic mass is 16.5. The number of nitrogens with zero attached hydrogens (tertiary/aromatic N) is 2. The second-order valence-electron chi connectivity index (χ2n) is 5.93. The number of oxazole rings is 1. The van der Waals surface area contributed by atoms with E-state index in [-0.39, 0.29) is 5.91 Å². The Kier molecular flexibility index (Phi) is 4.63. The smallest absolute Gasteiger partial charge is 0.263 e. The average Bonchev–Trinajstić information content (AvgIpc) is 3.17. The first kappa shape index (κ1) is 17.5. The zero-order valence-corrected chi connectivity index (χ0v) is 15.3. The molecule has 2 aromatic heterocycles. The van der Waals surface area contributed by atoms with Gasteiger partial charge in [-0.15, -0.1) is 0 Å². The number of rotatable bonds is 5. The van der Waals surface area contributed by atoms with Crippen molar-refractivity contribution < 1.29 is 18.7 Å². The first-order valence-corrected chi connectivity index (χ1v) is 8.53. The van der Waals surface area contributed by atoms with Gasteiger partial charge in [0, 0.05) is 18.1 Å². The number of nitrogens with one attached hydrogen (secondary N) is 1. The molecule has 0 spiro atoms. The van der Waals surface area contributed by atoms with E-state index in [1.807, 2.05) is 12.1 Å². The van der Waals surface area contributed by atoms with E-state index in [0.717, 1.165) is 5.56 Å². The predicted molar refractivity (Wildman–Crippen MR) is 105 cm³/mol. The summed E-state index contributed by atoms with van der Waals surface area (Å²) in [6, 6.07) is 14.1. The molecular weight excluding hydrogens is 358 g/mol. The molecule has 0 fully saturated rings. The van der Waals surface area contributed by atoms with Crippen LogP contribution in [0.15, 0.2) is 65.3 Å². The summed E-state index contributed by atoms with van der Waals surface area (Å²) >= 11 is 0. The summed E-state index contributed by atoms with van der Waals surface area (Å²) in [7, 11) is 3.01. The number of ether oxygens (including phenoxy) is 2. The lowest BCUT2D eigenvalue weighted by Crippen LogP contribution is -2.14. The Morgan fingerprint density at radius 1 is 1.04 bits per heavy atom. The van der Waals surface area contributed by atoms with E-state index in [2.05, 4.69) is 15.3 Å². The van der Waals surface area contributed by atoms with Crippen molar-refractivity contribution in [3.05, 3.63) is 66.5 Å². The number of hydrogen-bond donors (Lipinski definition) is 1. The topological polar surface area (TPSA) is 86.5 Å². The lowest BCUT2D eigenvalue weighted by molar-refractivity contribution is 0.102. The van der Waals surface area contributed by atoms with Gasteiger partial charge in [0.15, 0.2) is 5.58 Å². The maximum absolute atomic E-state index is 12.8. The van der Waals surface area contributed by atoms with Crippen LogP contribution >= 0.6 is 0 Å². The van der Waals surface area contributed by atoms with Crippen molar-refractivity contribution in [2.45, 2.75) is 0 Å². The lowest BCUT2D eigenvalue weighted by atomic mass is 10.1. The van der Waals surface area contributed by atoms with Gasteiger partial charge in [0.05, 0.1) is 19.8 Å². The summed E-state index contributed by atoms with van der Waals surface area (Å²) in [5.74, 6) is 0.985. The summed E-state index contributed by atoms with van der Waals surface area (Å²) in [5.41, 5.74) is 2.93. The van der Waals surface area contributed by atoms with Crippen molar-refractivity contribution in [1.29, 1.82) is 0 Å². The summed E-state index contributed by atoms with van der Waals surface area (Å²) < 4.78 is 16.4. The summed E-state index contributed by atoms with van der Waals surface area (Å²) in [6.07, 6.45) is 3.37. The van der Waals surface area contributed by atoms with E-state index in [1.54, 1.807) is 48.8 Å². The van der Waals surface area contributed by atoms with Crippen LogP contribution in [0.3, 0.4) is 0 Å². The van der Waals surface area contributed by atoms with Crippen molar-refractivity contribution in [2.24, 2.45) is 0 Å². The molecule has 2 heterocycles. The third kappa shape index (κ3) is 3.25. The van der Waals surface area contributed by atoms with E-state index >= 15 is 0 Å². The quantitative estimate of drug-likeness (QED) is 0.564. The number of methoxy groups -OCH3 is 2. The van der Waals surface area contributed by atoms with E-state index < -0.39 is 0 Å². The van der Waals surface area contributed by atoms with Crippen LogP contribution in [0.1, 0.15) is 10.4 Å². The number of pyridine rings is 1. The average molecular weight is 375 g/mol. The monoisotopic (exact) mass is 375 g/mol. The SMILES string of the molecule is COc1cccc(OC)c1C(=O)Nc1ccc2oc(-c3cccnc3)nc2c1. The summed E-state index contributed by atoms with van der Waals surface area (Å²) in [5, 5.41) is 2.86. The first-order valence-electron chi connectivity index (χ1n) is 8.53. The molecule has 140 valence electrons. The molecule has 0 aliphatic carbocycles. The van der Waals surface area contributed by atoms with Crippen LogP contribution in [-0.4, -0.2) is 30.1 Å². The fourth-order valence-corrected chi connectivity index (χ4v) is 2.89. The third-order valence-electron chi connectivity index (χ3n) is 4.21. The van der Waals surface area contributed by atoms with Gasteiger partial charge in [-0.25, -0.2) is 4.98 Å². The highest BCUT2D eigenvalue weighted by Gasteiger charge is 2.19. The van der Waals surface area contributed by atoms with Crippen LogP contribution in [-0.2, 0) is 0 Å². The molecule has 0 saturated carbocycles. The van der Waals surface area contributed by atoms with Crippen LogP contribution in [0, 0.1) is 0 Å². The minimum Gasteiger partial charge on any atom is -0.496 e. The molecule has 1 amide bonds. The molecule has 0 saturated heterocycles. The van der Waals surface area contributed by atoms with Gasteiger partial charge < -0.3 is 19.2 Å². The normalized spacial score (nSPS) is 10.6. The molecule has 2 aromatic carbocycles. The highest BCUT2D eigenvalue weighted by Crippen LogP contribution is 2.30. The second kappa shape index (κ2) is 7.40. The van der Waals surface area contributed by atoms with Crippen molar-refractivity contribution >= 4 is 22.7 Å². The second-order valence-corrected chi connectivity index (χ2v) is 5.93. The Bertz CT molecular complexity index is 1120. The number of carbonyl (C=O) groups is 1. The fraction of sp³-hybridized carbons (Fsp3) is 0.0952. The van der Waals surface area contributed by atoms with Crippen molar-refractivity contribution in [1.82, 2.24) is 9.97 Å². The van der Waals surface area contributed by atoms with E-state index in [1.165, 1.54) is 14.2 Å². The van der Waals surface area contributed by atoms with Crippen LogP contribution < -0.4 is 14.8 Å². The van der Waals surface area contributed by atoms with Gasteiger partial charge in [0.2, 0.25) is 5.89 Å². The van der Waals surface area contributed by atoms with E-state index in [0.29, 0.717) is 39.7 Å². The molecule has 1 N–H and O–H groups in total. The molecule has 28 heavy (non-hydrogen) atoms. The molecule has 4 rings (SSSR count). The van der Waals surface area contributed by atoms with Crippen LogP contribution in [0.4, 0.5) is 5.69 Å². The molecule has 0 radical (unpaired) electrons. The van der Waals surface area contributed by atoms with Crippen molar-refractivity contribution in [3.8, 4) is 23.0 Å². The Balaban J connectivity index is 1.65. The van der Waals surface area contributed by atoms with Gasteiger partial charge in [0.25, 0.3) is 5.91 Å². The summed E-state index contributed by atoms with van der Waals surface area (Å²) in [6.45, 7) is 0. The van der Waals surface area contributed by atoms with Gasteiger partial charge in [-0.1, -0.05) is 6.07 Å². The summed E-state index contributed by atoms with van der Waals surface area (Å²) in [4.78, 5) is 21.4. The first-order chi connectivity index (χ1) is 13.7. The minimum atomic E-state index is -0.343. The molecule has 0 bridgehead atoms. The van der Waals surface area contributed by atoms with E-state index in [9.17, 15) is 4.79 Å². The fourth-order valence-electron chi connectivity index (χ4n) is 2.89. The third-order valence-corrected chi connectivity index (χ3v) is 4.21. The standard InChI is InChI=1S/C21H17N3O4/c1-26-17-6-3-7-18(27-2)19(17)20(25)23-14-8-9-16-15(11-14)24-21(28-16)13-5-4-10-22-12-13/h3-12H,1-2H3,(H,23,25). The van der Waals surface area contributed by atoms with Crippen molar-refractivity contribution in [2.75, 3.05) is 19.5 Å². The molecule has 4 aromatic rings. The Morgan fingerprint density at radius 2 is 1.82 bits per heavy atom. The Morgan fingerprint density at radius 3 is 2.50 bits per heavy atom. The van der Waals surface area contributed by atoms with Gasteiger partial charge in [-0.2, -0.15) is 0 Å². The molecule has 0 unspecified atom stereocenters. The maximum atomic E-state index is 12.8. The largest absolute Gasteiger partial charge is 0.496 e. The minimum absolute atomic E-state index is 0.323. The van der Waals surface area contributed by atoms with Gasteiger partial charge in [-0.05, 0) is 42.5 Å². The molecule has 0 aliphatic heterocycles. The number of benzene rings is 2.